The van der Waals surface area contributed by atoms with Crippen molar-refractivity contribution in [3.05, 3.63) is 21.9 Å². The molecular weight excluding hydrogens is 208 g/mol. The van der Waals surface area contributed by atoms with Crippen LogP contribution in [0.15, 0.2) is 15.3 Å². The fourth-order valence-electron chi connectivity index (χ4n) is 1.62. The summed E-state index contributed by atoms with van der Waals surface area (Å²) in [5, 5.41) is 8.02. The van der Waals surface area contributed by atoms with Gasteiger partial charge in [0.2, 0.25) is 0 Å². The van der Waals surface area contributed by atoms with Crippen LogP contribution in [0.25, 0.3) is 11.3 Å². The van der Waals surface area contributed by atoms with Crippen molar-refractivity contribution in [1.82, 2.24) is 5.16 Å². The van der Waals surface area contributed by atoms with E-state index in [-0.39, 0.29) is 0 Å². The normalized spacial score (nSPS) is 10.8. The summed E-state index contributed by atoms with van der Waals surface area (Å²) in [5.41, 5.74) is 9.16. The smallest absolute Gasteiger partial charge is 0.173 e. The monoisotopic (exact) mass is 222 g/mol. The largest absolute Gasteiger partial charge is 0.381 e. The quantitative estimate of drug-likeness (QED) is 0.867. The van der Waals surface area contributed by atoms with E-state index in [1.54, 1.807) is 11.3 Å². The van der Waals surface area contributed by atoms with Crippen LogP contribution >= 0.6 is 11.3 Å². The Hall–Kier alpha value is -1.29. The Balaban J connectivity index is 2.49. The van der Waals surface area contributed by atoms with Crippen molar-refractivity contribution in [1.29, 1.82) is 0 Å². The summed E-state index contributed by atoms with van der Waals surface area (Å²) in [6.07, 6.45) is 1.96. The summed E-state index contributed by atoms with van der Waals surface area (Å²) < 4.78 is 5.30. The fraction of sp³-hybridized carbons (Fsp3) is 0.364. The van der Waals surface area contributed by atoms with Gasteiger partial charge in [-0.25, -0.2) is 0 Å². The molecule has 0 atom stereocenters. The minimum absolute atomic E-state index is 0.525. The molecule has 0 saturated carbocycles. The summed E-state index contributed by atoms with van der Waals surface area (Å²) in [5.74, 6) is 1.37. The first-order valence-electron chi connectivity index (χ1n) is 5.01. The molecule has 0 saturated heterocycles. The Kier molecular flexibility index (Phi) is 2.77. The molecule has 2 rings (SSSR count). The predicted molar refractivity (Wildman–Crippen MR) is 63.0 cm³/mol. The van der Waals surface area contributed by atoms with Crippen LogP contribution in [0.1, 0.15) is 24.5 Å². The van der Waals surface area contributed by atoms with Crippen molar-refractivity contribution < 1.29 is 4.52 Å². The van der Waals surface area contributed by atoms with Gasteiger partial charge in [0.25, 0.3) is 0 Å². The number of anilines is 1. The molecule has 0 amide bonds. The van der Waals surface area contributed by atoms with Gasteiger partial charge < -0.3 is 10.3 Å². The summed E-state index contributed by atoms with van der Waals surface area (Å²) in [6, 6.07) is 0. The molecule has 0 aliphatic carbocycles. The van der Waals surface area contributed by atoms with E-state index in [1.807, 2.05) is 0 Å². The Bertz CT molecular complexity index is 459. The number of nitrogens with zero attached hydrogens (tertiary/aromatic N) is 1. The average molecular weight is 222 g/mol. The number of aryl methyl sites for hydroxylation is 1. The van der Waals surface area contributed by atoms with Gasteiger partial charge in [-0.3, -0.25) is 0 Å². The van der Waals surface area contributed by atoms with Gasteiger partial charge in [-0.2, -0.15) is 11.3 Å². The predicted octanol–water partition coefficient (Wildman–Crippen LogP) is 3.25. The molecular formula is C11H14N2OS. The highest BCUT2D eigenvalue weighted by Crippen LogP contribution is 2.32. The number of hydrogen-bond donors (Lipinski definition) is 1. The van der Waals surface area contributed by atoms with Crippen LogP contribution < -0.4 is 5.73 Å². The second-order valence-corrected chi connectivity index (χ2v) is 4.34. The number of thiophene rings is 1. The van der Waals surface area contributed by atoms with Gasteiger partial charge in [0.05, 0.1) is 0 Å². The first-order valence-corrected chi connectivity index (χ1v) is 5.95. The topological polar surface area (TPSA) is 52.0 Å². The number of nitrogens with two attached hydrogens (primary N) is 1. The second-order valence-electron chi connectivity index (χ2n) is 3.59. The molecule has 0 aliphatic rings. The highest BCUT2D eigenvalue weighted by Gasteiger charge is 2.16. The highest BCUT2D eigenvalue weighted by atomic mass is 32.1. The first kappa shape index (κ1) is 10.2. The van der Waals surface area contributed by atoms with Crippen molar-refractivity contribution in [3.8, 4) is 11.3 Å². The lowest BCUT2D eigenvalue weighted by Crippen LogP contribution is -1.92. The lowest BCUT2D eigenvalue weighted by atomic mass is 10.0. The van der Waals surface area contributed by atoms with Gasteiger partial charge in [0.15, 0.2) is 11.6 Å². The Morgan fingerprint density at radius 2 is 2.27 bits per heavy atom. The van der Waals surface area contributed by atoms with Crippen LogP contribution in [-0.4, -0.2) is 5.16 Å². The highest BCUT2D eigenvalue weighted by molar-refractivity contribution is 7.08. The van der Waals surface area contributed by atoms with Gasteiger partial charge in [-0.1, -0.05) is 18.5 Å². The zero-order chi connectivity index (χ0) is 10.8. The summed E-state index contributed by atoms with van der Waals surface area (Å²) >= 11 is 1.67. The van der Waals surface area contributed by atoms with E-state index >= 15 is 0 Å². The molecule has 0 unspecified atom stereocenters. The summed E-state index contributed by atoms with van der Waals surface area (Å²) in [7, 11) is 0. The third kappa shape index (κ3) is 1.77. The zero-order valence-electron chi connectivity index (χ0n) is 8.91. The van der Waals surface area contributed by atoms with E-state index in [9.17, 15) is 0 Å². The third-order valence-electron chi connectivity index (χ3n) is 2.42. The van der Waals surface area contributed by atoms with Gasteiger partial charge in [-0.05, 0) is 24.3 Å². The summed E-state index contributed by atoms with van der Waals surface area (Å²) in [4.78, 5) is 0. The maximum Gasteiger partial charge on any atom is 0.173 e. The molecule has 2 aromatic rings. The van der Waals surface area contributed by atoms with Crippen molar-refractivity contribution in [2.45, 2.75) is 26.7 Å². The van der Waals surface area contributed by atoms with E-state index < -0.39 is 0 Å². The fourth-order valence-corrected chi connectivity index (χ4v) is 2.45. The first-order chi connectivity index (χ1) is 7.24. The van der Waals surface area contributed by atoms with Gasteiger partial charge in [0.1, 0.15) is 0 Å². The van der Waals surface area contributed by atoms with E-state index in [1.165, 1.54) is 5.56 Å². The second kappa shape index (κ2) is 4.06. The lowest BCUT2D eigenvalue weighted by molar-refractivity contribution is 0.435. The van der Waals surface area contributed by atoms with Gasteiger partial charge >= 0.3 is 0 Å². The SMILES string of the molecule is CCCc1c(N)noc1-c1cscc1C. The maximum absolute atomic E-state index is 5.78. The molecule has 3 nitrogen and oxygen atoms in total. The molecule has 2 N–H and O–H groups in total. The van der Waals surface area contributed by atoms with Gasteiger partial charge in [-0.15, -0.1) is 0 Å². The number of rotatable bonds is 3. The molecule has 0 bridgehead atoms. The van der Waals surface area contributed by atoms with Crippen LogP contribution in [0.2, 0.25) is 0 Å². The molecule has 80 valence electrons. The number of aromatic nitrogens is 1. The van der Waals surface area contributed by atoms with Crippen molar-refractivity contribution in [2.75, 3.05) is 5.73 Å². The molecule has 0 aliphatic heterocycles. The van der Waals surface area contributed by atoms with E-state index in [0.29, 0.717) is 5.82 Å². The number of hydrogen-bond acceptors (Lipinski definition) is 4. The Morgan fingerprint density at radius 1 is 1.47 bits per heavy atom. The van der Waals surface area contributed by atoms with Crippen molar-refractivity contribution in [3.63, 3.8) is 0 Å². The van der Waals surface area contributed by atoms with Crippen LogP contribution in [0, 0.1) is 6.92 Å². The molecule has 2 heterocycles. The zero-order valence-corrected chi connectivity index (χ0v) is 9.73. The minimum atomic E-state index is 0.525. The van der Waals surface area contributed by atoms with E-state index in [0.717, 1.165) is 29.7 Å². The molecule has 4 heteroatoms. The van der Waals surface area contributed by atoms with Crippen LogP contribution in [0.3, 0.4) is 0 Å². The molecule has 15 heavy (non-hydrogen) atoms. The summed E-state index contributed by atoms with van der Waals surface area (Å²) in [6.45, 7) is 4.19. The van der Waals surface area contributed by atoms with Crippen molar-refractivity contribution in [2.24, 2.45) is 0 Å². The van der Waals surface area contributed by atoms with E-state index in [4.69, 9.17) is 10.3 Å². The number of nitrogen functional groups attached to an aromatic ring is 1. The maximum atomic E-state index is 5.78. The van der Waals surface area contributed by atoms with Gasteiger partial charge in [0, 0.05) is 16.5 Å². The lowest BCUT2D eigenvalue weighted by Gasteiger charge is -1.99. The average Bonchev–Trinajstić information content (AvgIpc) is 2.76. The third-order valence-corrected chi connectivity index (χ3v) is 3.28. The van der Waals surface area contributed by atoms with Crippen molar-refractivity contribution >= 4 is 17.2 Å². The molecule has 0 fully saturated rings. The Morgan fingerprint density at radius 3 is 2.87 bits per heavy atom. The minimum Gasteiger partial charge on any atom is -0.381 e. The van der Waals surface area contributed by atoms with Crippen LogP contribution in [0.5, 0.6) is 0 Å². The van der Waals surface area contributed by atoms with Crippen LogP contribution in [-0.2, 0) is 6.42 Å². The van der Waals surface area contributed by atoms with Crippen LogP contribution in [0.4, 0.5) is 5.82 Å². The molecule has 0 spiro atoms. The molecule has 0 radical (unpaired) electrons. The molecule has 2 aromatic heterocycles. The molecule has 0 aromatic carbocycles. The Labute approximate surface area is 92.9 Å². The standard InChI is InChI=1S/C11H14N2OS/c1-3-4-8-10(14-13-11(8)12)9-6-15-5-7(9)2/h5-6H,3-4H2,1-2H3,(H2,12,13). The van der Waals surface area contributed by atoms with E-state index in [2.05, 4.69) is 29.8 Å².